The van der Waals surface area contributed by atoms with Gasteiger partial charge in [0.25, 0.3) is 0 Å². The van der Waals surface area contributed by atoms with Crippen molar-refractivity contribution in [2.45, 2.75) is 6.54 Å². The van der Waals surface area contributed by atoms with E-state index >= 15 is 0 Å². The summed E-state index contributed by atoms with van der Waals surface area (Å²) in [4.78, 5) is 5.67. The Kier molecular flexibility index (Phi) is 4.08. The number of nitrogen functional groups attached to an aromatic ring is 1. The van der Waals surface area contributed by atoms with E-state index in [1.165, 1.54) is 0 Å². The molecule has 5 nitrogen and oxygen atoms in total. The third-order valence-corrected chi connectivity index (χ3v) is 1.84. The maximum Gasteiger partial charge on any atom is 0.123 e. The van der Waals surface area contributed by atoms with Crippen LogP contribution in [0.2, 0.25) is 0 Å². The van der Waals surface area contributed by atoms with E-state index in [0.717, 1.165) is 5.56 Å². The molecule has 0 radical (unpaired) electrons. The molecule has 1 heterocycles. The molecule has 0 saturated heterocycles. The molecule has 15 heavy (non-hydrogen) atoms. The summed E-state index contributed by atoms with van der Waals surface area (Å²) in [7, 11) is 0. The van der Waals surface area contributed by atoms with Gasteiger partial charge in [-0.25, -0.2) is 4.98 Å². The molecule has 0 aliphatic carbocycles. The van der Waals surface area contributed by atoms with Crippen LogP contribution in [-0.4, -0.2) is 23.0 Å². The van der Waals surface area contributed by atoms with Gasteiger partial charge in [-0.1, -0.05) is 6.07 Å². The Hall–Kier alpha value is -2.11. The lowest BCUT2D eigenvalue weighted by Gasteiger charge is -2.14. The Morgan fingerprint density at radius 2 is 1.93 bits per heavy atom. The number of rotatable bonds is 4. The predicted octanol–water partition coefficient (Wildman–Crippen LogP) is 0.513. The maximum absolute atomic E-state index is 8.55. The van der Waals surface area contributed by atoms with Crippen molar-refractivity contribution in [2.24, 2.45) is 0 Å². The molecule has 0 saturated carbocycles. The van der Waals surface area contributed by atoms with Crippen molar-refractivity contribution < 1.29 is 0 Å². The Morgan fingerprint density at radius 1 is 1.27 bits per heavy atom. The second kappa shape index (κ2) is 5.58. The molecule has 0 aliphatic rings. The van der Waals surface area contributed by atoms with Crippen LogP contribution in [0.25, 0.3) is 0 Å². The van der Waals surface area contributed by atoms with Crippen LogP contribution in [0.3, 0.4) is 0 Å². The molecule has 5 heteroatoms. The first-order valence-corrected chi connectivity index (χ1v) is 4.43. The Labute approximate surface area is 88.4 Å². The van der Waals surface area contributed by atoms with Gasteiger partial charge < -0.3 is 5.73 Å². The van der Waals surface area contributed by atoms with E-state index in [9.17, 15) is 0 Å². The van der Waals surface area contributed by atoms with E-state index in [-0.39, 0.29) is 13.1 Å². The van der Waals surface area contributed by atoms with Crippen LogP contribution in [0.4, 0.5) is 5.82 Å². The highest BCUT2D eigenvalue weighted by molar-refractivity contribution is 5.29. The van der Waals surface area contributed by atoms with Crippen molar-refractivity contribution >= 4 is 5.82 Å². The summed E-state index contributed by atoms with van der Waals surface area (Å²) in [6.45, 7) is 1.00. The normalized spacial score (nSPS) is 9.53. The van der Waals surface area contributed by atoms with Crippen LogP contribution < -0.4 is 5.73 Å². The summed E-state index contributed by atoms with van der Waals surface area (Å²) >= 11 is 0. The number of pyridine rings is 1. The van der Waals surface area contributed by atoms with Crippen molar-refractivity contribution in [1.82, 2.24) is 9.88 Å². The van der Waals surface area contributed by atoms with Gasteiger partial charge in [-0.2, -0.15) is 10.5 Å². The van der Waals surface area contributed by atoms with Gasteiger partial charge in [-0.15, -0.1) is 0 Å². The SMILES string of the molecule is N#CCN(CC#N)Cc1ccc(N)nc1. The van der Waals surface area contributed by atoms with Crippen LogP contribution in [-0.2, 0) is 6.54 Å². The van der Waals surface area contributed by atoms with Gasteiger partial charge in [0, 0.05) is 12.7 Å². The number of anilines is 1. The van der Waals surface area contributed by atoms with E-state index in [1.807, 2.05) is 18.2 Å². The van der Waals surface area contributed by atoms with Gasteiger partial charge in [0.2, 0.25) is 0 Å². The lowest BCUT2D eigenvalue weighted by atomic mass is 10.2. The number of nitrogens with zero attached hydrogens (tertiary/aromatic N) is 4. The van der Waals surface area contributed by atoms with E-state index < -0.39 is 0 Å². The molecular weight excluding hydrogens is 190 g/mol. The zero-order valence-corrected chi connectivity index (χ0v) is 8.22. The fourth-order valence-electron chi connectivity index (χ4n) is 1.16. The molecule has 0 spiro atoms. The summed E-state index contributed by atoms with van der Waals surface area (Å²) in [5.74, 6) is 0.464. The Bertz CT molecular complexity index is 368. The van der Waals surface area contributed by atoms with Gasteiger partial charge in [0.05, 0.1) is 25.2 Å². The van der Waals surface area contributed by atoms with Crippen LogP contribution in [0.15, 0.2) is 18.3 Å². The highest BCUT2D eigenvalue weighted by Crippen LogP contribution is 2.04. The summed E-state index contributed by atoms with van der Waals surface area (Å²) in [5.41, 5.74) is 6.38. The topological polar surface area (TPSA) is 89.7 Å². The highest BCUT2D eigenvalue weighted by Gasteiger charge is 2.04. The molecule has 0 bridgehead atoms. The van der Waals surface area contributed by atoms with Gasteiger partial charge in [-0.05, 0) is 11.6 Å². The molecular formula is C10H11N5. The van der Waals surface area contributed by atoms with Gasteiger partial charge >= 0.3 is 0 Å². The molecule has 0 amide bonds. The Morgan fingerprint density at radius 3 is 2.40 bits per heavy atom. The van der Waals surface area contributed by atoms with E-state index in [0.29, 0.717) is 12.4 Å². The van der Waals surface area contributed by atoms with Crippen LogP contribution in [0.1, 0.15) is 5.56 Å². The molecule has 0 aromatic carbocycles. The predicted molar refractivity (Wildman–Crippen MR) is 55.2 cm³/mol. The second-order valence-corrected chi connectivity index (χ2v) is 3.05. The van der Waals surface area contributed by atoms with Crippen molar-refractivity contribution in [1.29, 1.82) is 10.5 Å². The van der Waals surface area contributed by atoms with E-state index in [4.69, 9.17) is 16.3 Å². The van der Waals surface area contributed by atoms with Crippen LogP contribution in [0, 0.1) is 22.7 Å². The summed E-state index contributed by atoms with van der Waals surface area (Å²) in [6.07, 6.45) is 1.65. The zero-order valence-electron chi connectivity index (χ0n) is 8.22. The van der Waals surface area contributed by atoms with Gasteiger partial charge in [0.1, 0.15) is 5.82 Å². The van der Waals surface area contributed by atoms with Gasteiger partial charge in [0.15, 0.2) is 0 Å². The molecule has 2 N–H and O–H groups in total. The molecule has 0 atom stereocenters. The monoisotopic (exact) mass is 201 g/mol. The quantitative estimate of drug-likeness (QED) is 0.717. The average Bonchev–Trinajstić information content (AvgIpc) is 2.22. The van der Waals surface area contributed by atoms with Crippen molar-refractivity contribution in [2.75, 3.05) is 18.8 Å². The minimum atomic E-state index is 0.234. The third kappa shape index (κ3) is 3.63. The molecule has 1 aromatic rings. The number of nitriles is 2. The number of hydrogen-bond donors (Lipinski definition) is 1. The largest absolute Gasteiger partial charge is 0.384 e. The lowest BCUT2D eigenvalue weighted by Crippen LogP contribution is -2.23. The number of nitrogens with two attached hydrogens (primary N) is 1. The fraction of sp³-hybridized carbons (Fsp3) is 0.300. The first kappa shape index (κ1) is 11.0. The molecule has 1 aromatic heterocycles. The van der Waals surface area contributed by atoms with E-state index in [2.05, 4.69) is 4.98 Å². The standard InChI is InChI=1S/C10H11N5/c11-3-5-15(6-4-12)8-9-1-2-10(13)14-7-9/h1-2,7H,5-6,8H2,(H2,13,14). The molecule has 1 rings (SSSR count). The second-order valence-electron chi connectivity index (χ2n) is 3.05. The van der Waals surface area contributed by atoms with Crippen molar-refractivity contribution in [3.05, 3.63) is 23.9 Å². The minimum absolute atomic E-state index is 0.234. The highest BCUT2D eigenvalue weighted by atomic mass is 15.1. The third-order valence-electron chi connectivity index (χ3n) is 1.84. The van der Waals surface area contributed by atoms with Crippen molar-refractivity contribution in [3.8, 4) is 12.1 Å². The number of hydrogen-bond acceptors (Lipinski definition) is 5. The smallest absolute Gasteiger partial charge is 0.123 e. The van der Waals surface area contributed by atoms with Gasteiger partial charge in [-0.3, -0.25) is 4.90 Å². The summed E-state index contributed by atoms with van der Waals surface area (Å²) in [5, 5.41) is 17.1. The molecule has 76 valence electrons. The summed E-state index contributed by atoms with van der Waals surface area (Å²) in [6, 6.07) is 7.57. The fourth-order valence-corrected chi connectivity index (χ4v) is 1.16. The molecule has 0 aliphatic heterocycles. The lowest BCUT2D eigenvalue weighted by molar-refractivity contribution is 0.334. The van der Waals surface area contributed by atoms with Crippen LogP contribution in [0.5, 0.6) is 0 Å². The molecule has 0 unspecified atom stereocenters. The average molecular weight is 201 g/mol. The van der Waals surface area contributed by atoms with Crippen molar-refractivity contribution in [3.63, 3.8) is 0 Å². The summed E-state index contributed by atoms with van der Waals surface area (Å²) < 4.78 is 0. The minimum Gasteiger partial charge on any atom is -0.384 e. The number of aromatic nitrogens is 1. The molecule has 0 fully saturated rings. The first-order valence-electron chi connectivity index (χ1n) is 4.43. The first-order chi connectivity index (χ1) is 7.26. The maximum atomic E-state index is 8.55. The Balaban J connectivity index is 2.62. The van der Waals surface area contributed by atoms with Crippen LogP contribution >= 0.6 is 0 Å². The zero-order chi connectivity index (χ0) is 11.1. The van der Waals surface area contributed by atoms with E-state index in [1.54, 1.807) is 17.2 Å².